The first-order valence-corrected chi connectivity index (χ1v) is 7.52. The van der Waals surface area contributed by atoms with Crippen molar-refractivity contribution in [1.82, 2.24) is 5.32 Å². The Labute approximate surface area is 127 Å². The summed E-state index contributed by atoms with van der Waals surface area (Å²) in [5.74, 6) is 0.00648. The number of fused-ring (bicyclic) bond motifs is 1. The summed E-state index contributed by atoms with van der Waals surface area (Å²) in [6.45, 7) is 5.79. The van der Waals surface area contributed by atoms with Crippen LogP contribution in [0.2, 0.25) is 0 Å². The zero-order valence-electron chi connectivity index (χ0n) is 11.9. The molecule has 106 valence electrons. The van der Waals surface area contributed by atoms with Gasteiger partial charge in [0.1, 0.15) is 6.04 Å². The van der Waals surface area contributed by atoms with Crippen LogP contribution in [0.5, 0.6) is 0 Å². The first kappa shape index (κ1) is 14.9. The van der Waals surface area contributed by atoms with Gasteiger partial charge in [-0.2, -0.15) is 0 Å². The molecule has 1 amide bonds. The summed E-state index contributed by atoms with van der Waals surface area (Å²) in [4.78, 5) is 12.0. The molecule has 0 saturated heterocycles. The van der Waals surface area contributed by atoms with Gasteiger partial charge in [0.15, 0.2) is 0 Å². The molecule has 20 heavy (non-hydrogen) atoms. The van der Waals surface area contributed by atoms with E-state index in [2.05, 4.69) is 38.7 Å². The molecule has 0 fully saturated rings. The highest BCUT2D eigenvalue weighted by Crippen LogP contribution is 2.30. The van der Waals surface area contributed by atoms with Gasteiger partial charge in [0.2, 0.25) is 5.91 Å². The Kier molecular flexibility index (Phi) is 4.65. The third-order valence-corrected chi connectivity index (χ3v) is 3.76. The minimum atomic E-state index is -0.276. The maximum absolute atomic E-state index is 12.0. The van der Waals surface area contributed by atoms with Crippen LogP contribution in [0, 0.1) is 0 Å². The summed E-state index contributed by atoms with van der Waals surface area (Å²) >= 11 is 3.55. The minimum absolute atomic E-state index is 0.00648. The van der Waals surface area contributed by atoms with Gasteiger partial charge in [0, 0.05) is 21.6 Å². The molecule has 0 bridgehead atoms. The predicted octanol–water partition coefficient (Wildman–Crippen LogP) is 3.93. The van der Waals surface area contributed by atoms with Crippen molar-refractivity contribution in [1.29, 1.82) is 0 Å². The van der Waals surface area contributed by atoms with Gasteiger partial charge in [0.25, 0.3) is 0 Å². The van der Waals surface area contributed by atoms with Gasteiger partial charge in [-0.15, -0.1) is 0 Å². The Morgan fingerprint density at radius 3 is 2.35 bits per heavy atom. The number of amides is 1. The van der Waals surface area contributed by atoms with E-state index in [9.17, 15) is 4.79 Å². The molecule has 0 spiro atoms. The zero-order chi connectivity index (χ0) is 14.7. The lowest BCUT2D eigenvalue weighted by molar-refractivity contribution is -0.122. The van der Waals surface area contributed by atoms with E-state index in [1.54, 1.807) is 0 Å². The van der Waals surface area contributed by atoms with Crippen LogP contribution in [0.1, 0.15) is 20.8 Å². The molecule has 4 heteroatoms. The van der Waals surface area contributed by atoms with Crippen molar-refractivity contribution in [2.45, 2.75) is 32.9 Å². The molecule has 2 N–H and O–H groups in total. The Morgan fingerprint density at radius 2 is 1.70 bits per heavy atom. The Hall–Kier alpha value is -1.55. The molecular weight excluding hydrogens is 316 g/mol. The van der Waals surface area contributed by atoms with E-state index in [0.29, 0.717) is 0 Å². The molecule has 0 heterocycles. The van der Waals surface area contributed by atoms with Crippen LogP contribution in [0.4, 0.5) is 5.69 Å². The van der Waals surface area contributed by atoms with Crippen LogP contribution in [-0.4, -0.2) is 18.0 Å². The maximum atomic E-state index is 12.0. The first-order valence-electron chi connectivity index (χ1n) is 6.73. The monoisotopic (exact) mass is 334 g/mol. The second-order valence-corrected chi connectivity index (χ2v) is 6.02. The molecular formula is C16H19BrN2O. The Balaban J connectivity index is 2.26. The van der Waals surface area contributed by atoms with Gasteiger partial charge in [-0.05, 0) is 38.3 Å². The molecule has 3 nitrogen and oxygen atoms in total. The Bertz CT molecular complexity index is 625. The highest BCUT2D eigenvalue weighted by Gasteiger charge is 2.14. The molecule has 1 atom stereocenters. The largest absolute Gasteiger partial charge is 0.373 e. The topological polar surface area (TPSA) is 41.1 Å². The van der Waals surface area contributed by atoms with Crippen LogP contribution < -0.4 is 10.6 Å². The van der Waals surface area contributed by atoms with Crippen LogP contribution in [0.25, 0.3) is 10.8 Å². The molecule has 0 saturated carbocycles. The molecule has 0 radical (unpaired) electrons. The van der Waals surface area contributed by atoms with Crippen molar-refractivity contribution in [3.63, 3.8) is 0 Å². The zero-order valence-corrected chi connectivity index (χ0v) is 13.5. The summed E-state index contributed by atoms with van der Waals surface area (Å²) < 4.78 is 1.05. The fourth-order valence-electron chi connectivity index (χ4n) is 2.10. The predicted molar refractivity (Wildman–Crippen MR) is 88.0 cm³/mol. The van der Waals surface area contributed by atoms with Crippen LogP contribution in [0.3, 0.4) is 0 Å². The third-order valence-electron chi connectivity index (χ3n) is 3.07. The van der Waals surface area contributed by atoms with Gasteiger partial charge in [0.05, 0.1) is 0 Å². The standard InChI is InChI=1S/C16H19BrN2O/c1-10(2)18-16(20)11(3)19-15-9-8-14(17)12-6-4-5-7-13(12)15/h4-11,19H,1-3H3,(H,18,20). The number of benzene rings is 2. The van der Waals surface area contributed by atoms with Gasteiger partial charge in [-0.25, -0.2) is 0 Å². The summed E-state index contributed by atoms with van der Waals surface area (Å²) in [6.07, 6.45) is 0. The normalized spacial score (nSPS) is 12.4. The third kappa shape index (κ3) is 3.31. The summed E-state index contributed by atoms with van der Waals surface area (Å²) in [6, 6.07) is 12.0. The van der Waals surface area contributed by atoms with Crippen molar-refractivity contribution >= 4 is 38.3 Å². The molecule has 0 aliphatic rings. The minimum Gasteiger partial charge on any atom is -0.373 e. The molecule has 0 aliphatic carbocycles. The molecule has 0 aliphatic heterocycles. The molecule has 0 aromatic heterocycles. The highest BCUT2D eigenvalue weighted by molar-refractivity contribution is 9.10. The van der Waals surface area contributed by atoms with E-state index >= 15 is 0 Å². The van der Waals surface area contributed by atoms with Crippen molar-refractivity contribution in [3.8, 4) is 0 Å². The number of nitrogens with one attached hydrogen (secondary N) is 2. The maximum Gasteiger partial charge on any atom is 0.242 e. The lowest BCUT2D eigenvalue weighted by Gasteiger charge is -2.18. The van der Waals surface area contributed by atoms with Crippen LogP contribution >= 0.6 is 15.9 Å². The number of anilines is 1. The van der Waals surface area contributed by atoms with E-state index < -0.39 is 0 Å². The Morgan fingerprint density at radius 1 is 1.05 bits per heavy atom. The van der Waals surface area contributed by atoms with Crippen molar-refractivity contribution < 1.29 is 4.79 Å². The molecule has 2 aromatic carbocycles. The average Bonchev–Trinajstić information content (AvgIpc) is 2.41. The van der Waals surface area contributed by atoms with Gasteiger partial charge in [-0.1, -0.05) is 40.2 Å². The summed E-state index contributed by atoms with van der Waals surface area (Å²) in [5, 5.41) is 8.43. The molecule has 2 rings (SSSR count). The van der Waals surface area contributed by atoms with Crippen LogP contribution in [0.15, 0.2) is 40.9 Å². The number of hydrogen-bond acceptors (Lipinski definition) is 2. The van der Waals surface area contributed by atoms with Crippen molar-refractivity contribution in [2.24, 2.45) is 0 Å². The lowest BCUT2D eigenvalue weighted by atomic mass is 10.1. The number of carbonyl (C=O) groups is 1. The second-order valence-electron chi connectivity index (χ2n) is 5.17. The van der Waals surface area contributed by atoms with E-state index in [0.717, 1.165) is 20.9 Å². The summed E-state index contributed by atoms with van der Waals surface area (Å²) in [7, 11) is 0. The van der Waals surface area contributed by atoms with E-state index in [-0.39, 0.29) is 18.0 Å². The molecule has 1 unspecified atom stereocenters. The lowest BCUT2D eigenvalue weighted by Crippen LogP contribution is -2.41. The number of hydrogen-bond donors (Lipinski definition) is 2. The average molecular weight is 335 g/mol. The van der Waals surface area contributed by atoms with Crippen molar-refractivity contribution in [2.75, 3.05) is 5.32 Å². The van der Waals surface area contributed by atoms with E-state index in [1.807, 2.05) is 45.0 Å². The van der Waals surface area contributed by atoms with Crippen molar-refractivity contribution in [3.05, 3.63) is 40.9 Å². The van der Waals surface area contributed by atoms with Gasteiger partial charge in [-0.3, -0.25) is 4.79 Å². The quantitative estimate of drug-likeness (QED) is 0.889. The highest BCUT2D eigenvalue weighted by atomic mass is 79.9. The van der Waals surface area contributed by atoms with Crippen LogP contribution in [-0.2, 0) is 4.79 Å². The number of carbonyl (C=O) groups excluding carboxylic acids is 1. The smallest absolute Gasteiger partial charge is 0.242 e. The van der Waals surface area contributed by atoms with E-state index in [1.165, 1.54) is 0 Å². The molecule has 2 aromatic rings. The number of rotatable bonds is 4. The van der Waals surface area contributed by atoms with Gasteiger partial charge >= 0.3 is 0 Å². The summed E-state index contributed by atoms with van der Waals surface area (Å²) in [5.41, 5.74) is 0.968. The second kappa shape index (κ2) is 6.27. The SMILES string of the molecule is CC(C)NC(=O)C(C)Nc1ccc(Br)c2ccccc12. The fraction of sp³-hybridized carbons (Fsp3) is 0.312. The van der Waals surface area contributed by atoms with E-state index in [4.69, 9.17) is 0 Å². The number of halogens is 1. The fourth-order valence-corrected chi connectivity index (χ4v) is 2.57. The first-order chi connectivity index (χ1) is 9.49. The van der Waals surface area contributed by atoms with Gasteiger partial charge < -0.3 is 10.6 Å².